The van der Waals surface area contributed by atoms with Gasteiger partial charge in [0.2, 0.25) is 5.13 Å². The van der Waals surface area contributed by atoms with Gasteiger partial charge in [-0.25, -0.2) is 13.4 Å². The number of pyridine rings is 1. The Labute approximate surface area is 114 Å². The zero-order chi connectivity index (χ0) is 12.5. The molecule has 0 aliphatic heterocycles. The monoisotopic (exact) mass is 354 g/mol. The van der Waals surface area contributed by atoms with Crippen LogP contribution < -0.4 is 4.72 Å². The molecule has 0 aliphatic carbocycles. The summed E-state index contributed by atoms with van der Waals surface area (Å²) in [6.45, 7) is 0. The first kappa shape index (κ1) is 12.7. The van der Waals surface area contributed by atoms with Gasteiger partial charge in [-0.1, -0.05) is 22.9 Å². The van der Waals surface area contributed by atoms with E-state index in [1.165, 1.54) is 17.8 Å². The van der Waals surface area contributed by atoms with Gasteiger partial charge in [-0.15, -0.1) is 10.2 Å². The summed E-state index contributed by atoms with van der Waals surface area (Å²) in [6.07, 6.45) is 1.41. The van der Waals surface area contributed by atoms with Gasteiger partial charge in [0, 0.05) is 10.7 Å². The third-order valence-electron chi connectivity index (χ3n) is 1.64. The van der Waals surface area contributed by atoms with E-state index in [9.17, 15) is 8.42 Å². The van der Waals surface area contributed by atoms with Crippen molar-refractivity contribution >= 4 is 54.0 Å². The Bertz CT molecular complexity index is 631. The molecule has 0 aliphatic rings. The minimum absolute atomic E-state index is 0.106. The van der Waals surface area contributed by atoms with Crippen LogP contribution >= 0.6 is 38.9 Å². The molecule has 0 saturated heterocycles. The average molecular weight is 356 g/mol. The van der Waals surface area contributed by atoms with Crippen LogP contribution in [-0.2, 0) is 10.0 Å². The van der Waals surface area contributed by atoms with E-state index >= 15 is 0 Å². The molecule has 17 heavy (non-hydrogen) atoms. The molecule has 0 radical (unpaired) electrons. The zero-order valence-corrected chi connectivity index (χ0v) is 11.9. The van der Waals surface area contributed by atoms with E-state index in [0.717, 1.165) is 11.3 Å². The highest BCUT2D eigenvalue weighted by Crippen LogP contribution is 2.25. The van der Waals surface area contributed by atoms with Gasteiger partial charge in [-0.2, -0.15) is 0 Å². The maximum Gasteiger partial charge on any atom is 0.266 e. The molecule has 0 saturated carbocycles. The molecule has 0 bridgehead atoms. The summed E-state index contributed by atoms with van der Waals surface area (Å²) in [4.78, 5) is 3.62. The molecule has 2 aromatic rings. The smallest absolute Gasteiger partial charge is 0.253 e. The fourth-order valence-corrected chi connectivity index (χ4v) is 3.62. The number of hydrogen-bond donors (Lipinski definition) is 1. The first-order valence-electron chi connectivity index (χ1n) is 4.09. The summed E-state index contributed by atoms with van der Waals surface area (Å²) in [7, 11) is -3.80. The second-order valence-corrected chi connectivity index (χ2v) is 6.55. The summed E-state index contributed by atoms with van der Waals surface area (Å²) in [5.41, 5.74) is 1.42. The molecule has 0 aromatic carbocycles. The van der Waals surface area contributed by atoms with Crippen LogP contribution in [0.15, 0.2) is 27.1 Å². The van der Waals surface area contributed by atoms with Gasteiger partial charge in [0.25, 0.3) is 10.0 Å². The lowest BCUT2D eigenvalue weighted by Gasteiger charge is -2.06. The molecule has 90 valence electrons. The van der Waals surface area contributed by atoms with Crippen LogP contribution in [0.5, 0.6) is 0 Å². The van der Waals surface area contributed by atoms with Gasteiger partial charge >= 0.3 is 0 Å². The molecule has 2 aromatic heterocycles. The van der Waals surface area contributed by atoms with E-state index in [0.29, 0.717) is 4.47 Å². The molecule has 6 nitrogen and oxygen atoms in total. The van der Waals surface area contributed by atoms with Crippen LogP contribution in [0.2, 0.25) is 5.15 Å². The third kappa shape index (κ3) is 2.92. The fraction of sp³-hybridized carbons (Fsp3) is 0. The predicted molar refractivity (Wildman–Crippen MR) is 67.7 cm³/mol. The number of aromatic nitrogens is 3. The Morgan fingerprint density at radius 1 is 1.47 bits per heavy atom. The molecule has 0 atom stereocenters. The van der Waals surface area contributed by atoms with Gasteiger partial charge in [0.05, 0.1) is 0 Å². The lowest BCUT2D eigenvalue weighted by Crippen LogP contribution is -2.13. The largest absolute Gasteiger partial charge is 0.266 e. The van der Waals surface area contributed by atoms with Crippen molar-refractivity contribution in [2.45, 2.75) is 4.90 Å². The molecular weight excluding hydrogens is 352 g/mol. The van der Waals surface area contributed by atoms with Crippen molar-refractivity contribution in [3.63, 3.8) is 0 Å². The van der Waals surface area contributed by atoms with Crippen molar-refractivity contribution < 1.29 is 8.42 Å². The summed E-state index contributed by atoms with van der Waals surface area (Å²) < 4.78 is 26.7. The number of anilines is 1. The van der Waals surface area contributed by atoms with E-state index in [4.69, 9.17) is 11.6 Å². The summed E-state index contributed by atoms with van der Waals surface area (Å²) in [5.74, 6) is 0. The van der Waals surface area contributed by atoms with Crippen molar-refractivity contribution in [1.29, 1.82) is 0 Å². The summed E-state index contributed by atoms with van der Waals surface area (Å²) in [5, 5.41) is 7.17. The molecule has 0 amide bonds. The first-order chi connectivity index (χ1) is 7.99. The van der Waals surface area contributed by atoms with Gasteiger partial charge in [0.1, 0.15) is 15.6 Å². The number of halogens is 2. The van der Waals surface area contributed by atoms with Crippen LogP contribution in [0, 0.1) is 0 Å². The fourth-order valence-electron chi connectivity index (χ4n) is 0.980. The van der Waals surface area contributed by atoms with E-state index < -0.39 is 10.0 Å². The normalized spacial score (nSPS) is 11.4. The number of hydrogen-bond acceptors (Lipinski definition) is 6. The number of rotatable bonds is 3. The van der Waals surface area contributed by atoms with Crippen LogP contribution in [0.1, 0.15) is 0 Å². The average Bonchev–Trinajstić information content (AvgIpc) is 2.73. The Hall–Kier alpha value is -0.770. The van der Waals surface area contributed by atoms with E-state index in [-0.39, 0.29) is 15.2 Å². The molecule has 1 N–H and O–H groups in total. The van der Waals surface area contributed by atoms with Gasteiger partial charge in [0.15, 0.2) is 0 Å². The Morgan fingerprint density at radius 2 is 2.24 bits per heavy atom. The first-order valence-corrected chi connectivity index (χ1v) is 7.62. The highest BCUT2D eigenvalue weighted by atomic mass is 79.9. The number of sulfonamides is 1. The summed E-state index contributed by atoms with van der Waals surface area (Å²) in [6, 6.07) is 1.36. The SMILES string of the molecule is O=S(=O)(Nc1nncs1)c1cc(Br)cnc1Cl. The van der Waals surface area contributed by atoms with E-state index in [1.54, 1.807) is 0 Å². The highest BCUT2D eigenvalue weighted by molar-refractivity contribution is 9.10. The van der Waals surface area contributed by atoms with Crippen LogP contribution in [0.3, 0.4) is 0 Å². The Balaban J connectivity index is 2.41. The Morgan fingerprint density at radius 3 is 2.88 bits per heavy atom. The second-order valence-electron chi connectivity index (χ2n) is 2.79. The minimum Gasteiger partial charge on any atom is -0.253 e. The second kappa shape index (κ2) is 4.84. The lowest BCUT2D eigenvalue weighted by atomic mass is 10.5. The molecule has 0 spiro atoms. The van der Waals surface area contributed by atoms with Crippen molar-refractivity contribution in [1.82, 2.24) is 15.2 Å². The van der Waals surface area contributed by atoms with Crippen LogP contribution in [-0.4, -0.2) is 23.6 Å². The predicted octanol–water partition coefficient (Wildman–Crippen LogP) is 2.15. The maximum absolute atomic E-state index is 12.0. The maximum atomic E-state index is 12.0. The molecule has 2 heterocycles. The standard InChI is InChI=1S/C7H4BrClN4O2S2/c8-4-1-5(6(9)10-2-4)17(14,15)13-7-12-11-3-16-7/h1-3H,(H,12,13). The van der Waals surface area contributed by atoms with E-state index in [2.05, 4.69) is 35.8 Å². The molecule has 2 rings (SSSR count). The van der Waals surface area contributed by atoms with Crippen molar-refractivity contribution in [2.24, 2.45) is 0 Å². The Kier molecular flexibility index (Phi) is 3.61. The molecule has 0 unspecified atom stereocenters. The van der Waals surface area contributed by atoms with Gasteiger partial charge < -0.3 is 0 Å². The summed E-state index contributed by atoms with van der Waals surface area (Å²) >= 11 is 9.93. The van der Waals surface area contributed by atoms with Gasteiger partial charge in [-0.3, -0.25) is 4.72 Å². The third-order valence-corrected chi connectivity index (χ3v) is 4.58. The van der Waals surface area contributed by atoms with Gasteiger partial charge in [-0.05, 0) is 22.0 Å². The molecule has 0 fully saturated rings. The zero-order valence-electron chi connectivity index (χ0n) is 7.96. The number of nitrogens with zero attached hydrogens (tertiary/aromatic N) is 3. The van der Waals surface area contributed by atoms with Crippen molar-refractivity contribution in [3.8, 4) is 0 Å². The molecule has 10 heteroatoms. The highest BCUT2D eigenvalue weighted by Gasteiger charge is 2.20. The van der Waals surface area contributed by atoms with Crippen molar-refractivity contribution in [3.05, 3.63) is 27.4 Å². The molecular formula is C7H4BrClN4O2S2. The topological polar surface area (TPSA) is 84.8 Å². The number of nitrogens with one attached hydrogen (secondary N) is 1. The lowest BCUT2D eigenvalue weighted by molar-refractivity contribution is 0.600. The minimum atomic E-state index is -3.80. The van der Waals surface area contributed by atoms with Crippen molar-refractivity contribution in [2.75, 3.05) is 4.72 Å². The quantitative estimate of drug-likeness (QED) is 0.853. The van der Waals surface area contributed by atoms with Crippen LogP contribution in [0.4, 0.5) is 5.13 Å². The van der Waals surface area contributed by atoms with E-state index in [1.807, 2.05) is 0 Å². The van der Waals surface area contributed by atoms with Crippen LogP contribution in [0.25, 0.3) is 0 Å².